The number of hydrogen-bond donors (Lipinski definition) is 1. The average molecular weight is 424 g/mol. The van der Waals surface area contributed by atoms with Gasteiger partial charge in [-0.15, -0.1) is 0 Å². The Labute approximate surface area is 173 Å². The zero-order chi connectivity index (χ0) is 21.6. The lowest BCUT2D eigenvalue weighted by Gasteiger charge is -2.35. The van der Waals surface area contributed by atoms with Crippen molar-refractivity contribution in [3.05, 3.63) is 46.0 Å². The first-order valence-corrected chi connectivity index (χ1v) is 9.57. The van der Waals surface area contributed by atoms with E-state index in [1.807, 2.05) is 0 Å². The summed E-state index contributed by atoms with van der Waals surface area (Å²) in [6.45, 7) is 3.16. The van der Waals surface area contributed by atoms with Crippen LogP contribution < -0.4 is 5.32 Å². The molecule has 1 N–H and O–H groups in total. The van der Waals surface area contributed by atoms with E-state index in [2.05, 4.69) is 17.9 Å². The van der Waals surface area contributed by atoms with Crippen LogP contribution in [0, 0.1) is 10.1 Å². The van der Waals surface area contributed by atoms with Gasteiger partial charge in [-0.25, -0.2) is 14.9 Å². The third kappa shape index (κ3) is 5.84. The maximum absolute atomic E-state index is 12.5. The summed E-state index contributed by atoms with van der Waals surface area (Å²) >= 11 is 4.68. The molecule has 0 unspecified atom stereocenters. The number of nitrogens with zero attached hydrogens (tertiary/aromatic N) is 3. The van der Waals surface area contributed by atoms with E-state index in [1.165, 1.54) is 4.90 Å². The molecule has 0 spiro atoms. The average Bonchev–Trinajstić information content (AvgIpc) is 2.66. The van der Waals surface area contributed by atoms with Gasteiger partial charge >= 0.3 is 6.09 Å². The minimum absolute atomic E-state index is 0.0158. The fourth-order valence-corrected chi connectivity index (χ4v) is 3.27. The summed E-state index contributed by atoms with van der Waals surface area (Å²) in [5.74, 6) is -0.423. The SMILES string of the molecule is CC(C)NC(=O)C[N+]1([N+](=O)[O-])CCN(C(=O)O[C@H](C(=O)[S-])c2ccccc2)CC1. The van der Waals surface area contributed by atoms with Gasteiger partial charge in [0, 0.05) is 6.04 Å². The van der Waals surface area contributed by atoms with Crippen LogP contribution in [0.25, 0.3) is 0 Å². The first-order chi connectivity index (χ1) is 13.6. The molecular weight excluding hydrogens is 400 g/mol. The molecule has 0 aromatic heterocycles. The molecule has 10 nitrogen and oxygen atoms in total. The van der Waals surface area contributed by atoms with Gasteiger partial charge in [0.2, 0.25) is 11.6 Å². The van der Waals surface area contributed by atoms with Crippen molar-refractivity contribution in [3.8, 4) is 0 Å². The Morgan fingerprint density at radius 3 is 2.31 bits per heavy atom. The van der Waals surface area contributed by atoms with Crippen LogP contribution in [0.3, 0.4) is 0 Å². The maximum atomic E-state index is 12.5. The van der Waals surface area contributed by atoms with Crippen molar-refractivity contribution in [1.29, 1.82) is 0 Å². The molecule has 29 heavy (non-hydrogen) atoms. The van der Waals surface area contributed by atoms with E-state index >= 15 is 0 Å². The van der Waals surface area contributed by atoms with Crippen LogP contribution in [-0.2, 0) is 27.0 Å². The lowest BCUT2D eigenvalue weighted by atomic mass is 10.1. The summed E-state index contributed by atoms with van der Waals surface area (Å²) in [6.07, 6.45) is -1.99. The Morgan fingerprint density at radius 1 is 1.24 bits per heavy atom. The van der Waals surface area contributed by atoms with Crippen LogP contribution in [-0.4, -0.2) is 70.4 Å². The normalized spacial score (nSPS) is 16.7. The Kier molecular flexibility index (Phi) is 7.46. The highest BCUT2D eigenvalue weighted by Gasteiger charge is 2.47. The minimum atomic E-state index is -1.22. The zero-order valence-electron chi connectivity index (χ0n) is 16.3. The second kappa shape index (κ2) is 9.61. The molecule has 0 saturated carbocycles. The monoisotopic (exact) mass is 424 g/mol. The molecule has 1 heterocycles. The largest absolute Gasteiger partial charge is 0.738 e. The van der Waals surface area contributed by atoms with Crippen molar-refractivity contribution in [3.63, 3.8) is 0 Å². The number of carbonyl (C=O) groups excluding carboxylic acids is 3. The molecule has 1 aliphatic rings. The molecular formula is C18H24N4O6S. The van der Waals surface area contributed by atoms with Crippen LogP contribution >= 0.6 is 0 Å². The molecule has 2 rings (SSSR count). The number of piperazine rings is 1. The molecule has 1 fully saturated rings. The summed E-state index contributed by atoms with van der Waals surface area (Å²) in [5.41, 5.74) is 0.457. The van der Waals surface area contributed by atoms with Gasteiger partial charge in [-0.3, -0.25) is 9.69 Å². The van der Waals surface area contributed by atoms with Gasteiger partial charge in [0.15, 0.2) is 19.2 Å². The number of ether oxygens (including phenoxy) is 1. The van der Waals surface area contributed by atoms with Crippen LogP contribution in [0.5, 0.6) is 0 Å². The number of nitrogens with one attached hydrogen (secondary N) is 1. The van der Waals surface area contributed by atoms with Crippen molar-refractivity contribution in [2.24, 2.45) is 0 Å². The van der Waals surface area contributed by atoms with Gasteiger partial charge in [-0.2, -0.15) is 0 Å². The van der Waals surface area contributed by atoms with E-state index in [1.54, 1.807) is 44.2 Å². The Hall–Kier alpha value is -2.79. The highest BCUT2D eigenvalue weighted by Crippen LogP contribution is 2.21. The number of rotatable bonds is 7. The molecule has 1 aromatic carbocycles. The first-order valence-electron chi connectivity index (χ1n) is 9.16. The minimum Gasteiger partial charge on any atom is -0.738 e. The third-order valence-corrected chi connectivity index (χ3v) is 4.81. The fourth-order valence-electron chi connectivity index (χ4n) is 3.09. The predicted octanol–water partition coefficient (Wildman–Crippen LogP) is 0.787. The van der Waals surface area contributed by atoms with E-state index in [-0.39, 0.29) is 38.8 Å². The quantitative estimate of drug-likeness (QED) is 0.297. The Balaban J connectivity index is 2.02. The summed E-state index contributed by atoms with van der Waals surface area (Å²) in [6, 6.07) is 8.27. The van der Waals surface area contributed by atoms with E-state index in [9.17, 15) is 24.5 Å². The lowest BCUT2D eigenvalue weighted by Crippen LogP contribution is -2.66. The standard InChI is InChI=1S/C18H24N4O6S/c1-13(2)19-15(23)12-22(21(26)27)10-8-20(9-11-22)18(25)28-16(17(24)29)14-6-4-3-5-7-14/h3-7,13,16H,8-12H2,1-2H3,(H-,19,23,24,29)/t16-/m0/s1. The Bertz CT molecular complexity index is 765. The summed E-state index contributed by atoms with van der Waals surface area (Å²) in [5, 5.41) is 13.0. The van der Waals surface area contributed by atoms with Gasteiger partial charge in [-0.1, -0.05) is 30.3 Å². The van der Waals surface area contributed by atoms with Crippen LogP contribution in [0.1, 0.15) is 25.5 Å². The van der Waals surface area contributed by atoms with Gasteiger partial charge in [0.25, 0.3) is 5.91 Å². The number of hydrogen-bond acceptors (Lipinski definition) is 7. The van der Waals surface area contributed by atoms with Crippen molar-refractivity contribution >= 4 is 29.7 Å². The van der Waals surface area contributed by atoms with Gasteiger partial charge in [0.05, 0.1) is 18.2 Å². The molecule has 0 aliphatic carbocycles. The zero-order valence-corrected chi connectivity index (χ0v) is 17.1. The molecule has 0 bridgehead atoms. The van der Waals surface area contributed by atoms with Crippen molar-refractivity contribution in [1.82, 2.24) is 10.2 Å². The predicted molar refractivity (Wildman–Crippen MR) is 105 cm³/mol. The maximum Gasteiger partial charge on any atom is 0.411 e. The van der Waals surface area contributed by atoms with Gasteiger partial charge in [0.1, 0.15) is 0 Å². The van der Waals surface area contributed by atoms with Crippen molar-refractivity contribution in [2.75, 3.05) is 32.7 Å². The summed E-state index contributed by atoms with van der Waals surface area (Å²) in [4.78, 5) is 49.2. The Morgan fingerprint density at radius 2 is 1.83 bits per heavy atom. The molecule has 0 radical (unpaired) electrons. The van der Waals surface area contributed by atoms with Crippen LogP contribution in [0.2, 0.25) is 0 Å². The molecule has 1 atom stereocenters. The van der Waals surface area contributed by atoms with Crippen molar-refractivity contribution < 1.29 is 28.7 Å². The number of carbonyl (C=O) groups is 3. The summed E-state index contributed by atoms with van der Waals surface area (Å²) < 4.78 is 4.61. The highest BCUT2D eigenvalue weighted by atomic mass is 32.1. The first kappa shape index (κ1) is 22.5. The lowest BCUT2D eigenvalue weighted by molar-refractivity contribution is -1.32. The highest BCUT2D eigenvalue weighted by molar-refractivity contribution is 7.77. The molecule has 1 saturated heterocycles. The second-order valence-corrected chi connectivity index (χ2v) is 7.54. The van der Waals surface area contributed by atoms with Gasteiger partial charge in [-0.05, 0) is 24.0 Å². The second-order valence-electron chi connectivity index (χ2n) is 7.14. The smallest absolute Gasteiger partial charge is 0.411 e. The number of benzene rings is 1. The molecule has 11 heteroatoms. The molecule has 1 aromatic rings. The number of nitro groups is 1. The fraction of sp³-hybridized carbons (Fsp3) is 0.500. The molecule has 2 amide bonds. The summed E-state index contributed by atoms with van der Waals surface area (Å²) in [7, 11) is 0. The van der Waals surface area contributed by atoms with E-state index in [0.29, 0.717) is 5.56 Å². The third-order valence-electron chi connectivity index (χ3n) is 4.60. The van der Waals surface area contributed by atoms with Crippen molar-refractivity contribution in [2.45, 2.75) is 26.0 Å². The van der Waals surface area contributed by atoms with Crippen LogP contribution in [0.15, 0.2) is 30.3 Å². The van der Waals surface area contributed by atoms with Gasteiger partial charge < -0.3 is 27.5 Å². The van der Waals surface area contributed by atoms with Crippen LogP contribution in [0.4, 0.5) is 4.79 Å². The number of amides is 2. The van der Waals surface area contributed by atoms with E-state index < -0.39 is 32.8 Å². The topological polar surface area (TPSA) is 119 Å². The molecule has 158 valence electrons. The number of quaternary nitrogens is 1. The van der Waals surface area contributed by atoms with E-state index in [4.69, 9.17) is 4.74 Å². The van der Waals surface area contributed by atoms with E-state index in [0.717, 1.165) is 0 Å². The molecule has 1 aliphatic heterocycles.